The fraction of sp³-hybridized carbons (Fsp3) is 0. The Balaban J connectivity index is 0.00000103. The molecule has 50 heavy (non-hydrogen) atoms. The Morgan fingerprint density at radius 2 is 0.480 bits per heavy atom. The molecule has 0 saturated carbocycles. The van der Waals surface area contributed by atoms with Gasteiger partial charge in [-0.1, -0.05) is 11.3 Å². The van der Waals surface area contributed by atoms with Crippen LogP contribution in [0.2, 0.25) is 0 Å². The lowest BCUT2D eigenvalue weighted by Gasteiger charge is -2.44. The summed E-state index contributed by atoms with van der Waals surface area (Å²) in [7, 11) is 0. The number of thiazole rings is 1. The Morgan fingerprint density at radius 1 is 0.300 bits per heavy atom. The molecule has 4 aromatic carbocycles. The Kier molecular flexibility index (Phi) is 10.2. The predicted octanol–water partition coefficient (Wildman–Crippen LogP) is 6.41. The van der Waals surface area contributed by atoms with Crippen molar-refractivity contribution < 1.29 is 92.8 Å². The van der Waals surface area contributed by atoms with Gasteiger partial charge in [-0.3, -0.25) is 0 Å². The molecular formula is C27H4BF20NS. The van der Waals surface area contributed by atoms with E-state index in [1.54, 1.807) is 11.3 Å². The second-order valence-corrected chi connectivity index (χ2v) is 10.3. The minimum Gasteiger partial charge on any atom is -0.208 e. The normalized spacial score (nSPS) is 11.6. The van der Waals surface area contributed by atoms with Gasteiger partial charge in [-0.05, 0) is 0 Å². The average molecular weight is 765 g/mol. The Labute approximate surface area is 265 Å². The molecule has 0 amide bonds. The number of benzene rings is 4. The highest BCUT2D eigenvalue weighted by atomic mass is 32.1. The molecule has 1 nitrogen and oxygen atoms in total. The molecule has 1 aromatic heterocycles. The van der Waals surface area contributed by atoms with Gasteiger partial charge in [-0.25, -0.2) is 92.8 Å². The third-order valence-corrected chi connectivity index (χ3v) is 7.65. The van der Waals surface area contributed by atoms with Crippen molar-refractivity contribution in [3.05, 3.63) is 133 Å². The first-order chi connectivity index (χ1) is 23.2. The zero-order valence-corrected chi connectivity index (χ0v) is 23.6. The van der Waals surface area contributed by atoms with E-state index in [1.165, 1.54) is 0 Å². The van der Waals surface area contributed by atoms with E-state index in [9.17, 15) is 52.7 Å². The summed E-state index contributed by atoms with van der Waals surface area (Å²) in [5.74, 6) is -71.4. The molecule has 5 aromatic rings. The number of nitrogens with one attached hydrogen (secondary N) is 1. The molecule has 0 saturated heterocycles. The average Bonchev–Trinajstić information content (AvgIpc) is 3.69. The first-order valence-corrected chi connectivity index (χ1v) is 13.3. The van der Waals surface area contributed by atoms with Crippen LogP contribution in [0.1, 0.15) is 0 Å². The second kappa shape index (κ2) is 13.5. The van der Waals surface area contributed by atoms with E-state index < -0.39 is 144 Å². The van der Waals surface area contributed by atoms with Crippen LogP contribution in [0, 0.1) is 116 Å². The fourth-order valence-corrected chi connectivity index (χ4v) is 5.46. The number of aromatic nitrogens is 1. The molecule has 0 aliphatic rings. The van der Waals surface area contributed by atoms with Crippen LogP contribution in [-0.4, -0.2) is 6.15 Å². The van der Waals surface area contributed by atoms with E-state index >= 15 is 35.1 Å². The summed E-state index contributed by atoms with van der Waals surface area (Å²) < 4.78 is 294. The first kappa shape index (κ1) is 38.0. The van der Waals surface area contributed by atoms with Gasteiger partial charge in [0.1, 0.15) is 52.7 Å². The van der Waals surface area contributed by atoms with Crippen molar-refractivity contribution in [2.24, 2.45) is 0 Å². The molecule has 1 heterocycles. The molecule has 266 valence electrons. The molecule has 0 aliphatic heterocycles. The number of hydrogen-bond donors (Lipinski definition) is 0. The molecule has 1 N–H and O–H groups in total. The summed E-state index contributed by atoms with van der Waals surface area (Å²) in [5, 5.41) is 1.99. The topological polar surface area (TPSA) is 14.1 Å². The van der Waals surface area contributed by atoms with Crippen LogP contribution < -0.4 is 26.8 Å². The quantitative estimate of drug-likeness (QED) is 0.0871. The molecule has 0 bridgehead atoms. The van der Waals surface area contributed by atoms with Crippen LogP contribution in [0.15, 0.2) is 17.1 Å². The van der Waals surface area contributed by atoms with E-state index in [1.807, 2.05) is 17.1 Å². The van der Waals surface area contributed by atoms with E-state index in [4.69, 9.17) is 0 Å². The molecule has 5 rings (SSSR count). The van der Waals surface area contributed by atoms with Gasteiger partial charge in [-0.2, -0.15) is 0 Å². The second-order valence-electron chi connectivity index (χ2n) is 9.52. The van der Waals surface area contributed by atoms with E-state index in [-0.39, 0.29) is 0 Å². The lowest BCUT2D eigenvalue weighted by molar-refractivity contribution is -0.370. The summed E-state index contributed by atoms with van der Waals surface area (Å²) in [6, 6.07) is 0. The fourth-order valence-electron chi connectivity index (χ4n) is 5.07. The number of H-pyrrole nitrogens is 1. The van der Waals surface area contributed by atoms with Crippen LogP contribution >= 0.6 is 11.3 Å². The molecule has 0 fully saturated rings. The third-order valence-electron chi connectivity index (χ3n) is 7.09. The van der Waals surface area contributed by atoms with Crippen molar-refractivity contribution in [2.45, 2.75) is 0 Å². The molecule has 0 unspecified atom stereocenters. The van der Waals surface area contributed by atoms with E-state index in [0.717, 1.165) is 0 Å². The molecular weight excluding hydrogens is 761 g/mol. The van der Waals surface area contributed by atoms with Crippen molar-refractivity contribution in [1.29, 1.82) is 0 Å². The maximum Gasteiger partial charge on any atom is 0.222 e. The lowest BCUT2D eigenvalue weighted by atomic mass is 9.12. The molecule has 0 radical (unpaired) electrons. The van der Waals surface area contributed by atoms with Crippen molar-refractivity contribution in [2.75, 3.05) is 0 Å². The van der Waals surface area contributed by atoms with Crippen LogP contribution in [-0.2, 0) is 0 Å². The highest BCUT2D eigenvalue weighted by molar-refractivity contribution is 7.20. The van der Waals surface area contributed by atoms with Gasteiger partial charge in [0.2, 0.25) is 5.51 Å². The van der Waals surface area contributed by atoms with Crippen molar-refractivity contribution in [3.8, 4) is 0 Å². The summed E-state index contributed by atoms with van der Waals surface area (Å²) in [5.41, 5.74) is -12.4. The lowest BCUT2D eigenvalue weighted by Crippen LogP contribution is -2.81. The molecule has 0 aliphatic carbocycles. The standard InChI is InChI=1S/C24BF20.C3H3NS/c26-5-1(6(27)14(35)21(42)13(5)34)25(2-7(28)15(36)22(43)16(37)8(2)29,3-9(30)17(38)23(44)18(39)10(3)31)4-11(32)19(40)24(45)20(41)12(4)33;1-2-5-3-4-1/h;1-3H/q-1;/p+1. The van der Waals surface area contributed by atoms with Crippen LogP contribution in [0.5, 0.6) is 0 Å². The van der Waals surface area contributed by atoms with Crippen molar-refractivity contribution in [3.63, 3.8) is 0 Å². The number of rotatable bonds is 4. The van der Waals surface area contributed by atoms with Gasteiger partial charge in [0, 0.05) is 0 Å². The summed E-state index contributed by atoms with van der Waals surface area (Å²) in [4.78, 5) is 2.88. The Bertz CT molecular complexity index is 1770. The molecule has 0 atom stereocenters. The largest absolute Gasteiger partial charge is 0.222 e. The SMILES string of the molecule is Fc1c(F)c(F)c([B-](c2c(F)c(F)c(F)c(F)c2F)(c2c(F)c(F)c(F)c(F)c2F)c2c(F)c(F)c(F)c(F)c2F)c(F)c1F.c1csc[nH+]1. The van der Waals surface area contributed by atoms with Gasteiger partial charge in [0.25, 0.3) is 0 Å². The first-order valence-electron chi connectivity index (χ1n) is 12.3. The summed E-state index contributed by atoms with van der Waals surface area (Å²) in [6.07, 6.45) is -5.32. The van der Waals surface area contributed by atoms with Gasteiger partial charge in [0.05, 0.1) is 5.38 Å². The van der Waals surface area contributed by atoms with Gasteiger partial charge in [0.15, 0.2) is 76.0 Å². The molecule has 0 spiro atoms. The van der Waals surface area contributed by atoms with Crippen LogP contribution in [0.25, 0.3) is 0 Å². The maximum atomic E-state index is 15.4. The van der Waals surface area contributed by atoms with E-state index in [0.29, 0.717) is 0 Å². The van der Waals surface area contributed by atoms with Gasteiger partial charge >= 0.3 is 0 Å². The zero-order chi connectivity index (χ0) is 37.9. The monoisotopic (exact) mass is 765 g/mol. The highest BCUT2D eigenvalue weighted by Crippen LogP contribution is 2.30. The maximum absolute atomic E-state index is 15.4. The van der Waals surface area contributed by atoms with E-state index in [2.05, 4.69) is 4.98 Å². The van der Waals surface area contributed by atoms with Crippen molar-refractivity contribution in [1.82, 2.24) is 0 Å². The number of aromatic amines is 1. The van der Waals surface area contributed by atoms with Gasteiger partial charge < -0.3 is 0 Å². The van der Waals surface area contributed by atoms with Crippen LogP contribution in [0.4, 0.5) is 87.8 Å². The smallest absolute Gasteiger partial charge is 0.208 e. The minimum atomic E-state index is -7.22. The minimum absolute atomic E-state index is 1.66. The number of halogens is 20. The highest BCUT2D eigenvalue weighted by Gasteiger charge is 2.52. The number of hydrogen-bond acceptors (Lipinski definition) is 1. The molecule has 23 heteroatoms. The van der Waals surface area contributed by atoms with Gasteiger partial charge in [-0.15, -0.1) is 21.9 Å². The van der Waals surface area contributed by atoms with Crippen molar-refractivity contribution >= 4 is 39.3 Å². The summed E-state index contributed by atoms with van der Waals surface area (Å²) in [6.45, 7) is 0. The third kappa shape index (κ3) is 5.32. The Hall–Kier alpha value is -4.83. The Morgan fingerprint density at radius 3 is 0.600 bits per heavy atom. The summed E-state index contributed by atoms with van der Waals surface area (Å²) >= 11 is 1.66. The van der Waals surface area contributed by atoms with Crippen LogP contribution in [0.3, 0.4) is 0 Å². The zero-order valence-electron chi connectivity index (χ0n) is 22.8. The predicted molar refractivity (Wildman–Crippen MR) is 130 cm³/mol.